The van der Waals surface area contributed by atoms with Gasteiger partial charge in [0.25, 0.3) is 5.56 Å². The zero-order valence-corrected chi connectivity index (χ0v) is 19.9. The Morgan fingerprint density at radius 2 is 1.82 bits per heavy atom. The number of aromatic nitrogens is 4. The van der Waals surface area contributed by atoms with Crippen LogP contribution in [0.25, 0.3) is 22.3 Å². The molecule has 0 spiro atoms. The van der Waals surface area contributed by atoms with E-state index in [1.807, 2.05) is 37.3 Å². The van der Waals surface area contributed by atoms with Crippen LogP contribution in [0.15, 0.2) is 53.3 Å². The molecule has 1 saturated heterocycles. The molecule has 34 heavy (non-hydrogen) atoms. The van der Waals surface area contributed by atoms with Crippen LogP contribution in [-0.4, -0.2) is 25.6 Å². The van der Waals surface area contributed by atoms with Crippen molar-refractivity contribution in [1.82, 2.24) is 19.5 Å². The molecule has 1 aliphatic rings. The van der Waals surface area contributed by atoms with E-state index in [-0.39, 0.29) is 45.3 Å². The Labute approximate surface area is 201 Å². The van der Waals surface area contributed by atoms with Crippen LogP contribution in [0.2, 0.25) is 5.02 Å². The number of aryl methyl sites for hydroxylation is 1. The summed E-state index contributed by atoms with van der Waals surface area (Å²) in [5.41, 5.74) is 1.78. The number of benzene rings is 2. The average molecular weight is 479 g/mol. The van der Waals surface area contributed by atoms with E-state index in [1.165, 1.54) is 10.6 Å². The van der Waals surface area contributed by atoms with Gasteiger partial charge in [0.2, 0.25) is 0 Å². The molecule has 174 valence electrons. The predicted molar refractivity (Wildman–Crippen MR) is 129 cm³/mol. The van der Waals surface area contributed by atoms with Crippen LogP contribution < -0.4 is 5.56 Å². The van der Waals surface area contributed by atoms with Crippen molar-refractivity contribution in [3.8, 4) is 11.3 Å². The number of rotatable bonds is 3. The summed E-state index contributed by atoms with van der Waals surface area (Å²) in [6.07, 6.45) is 1.20. The lowest BCUT2D eigenvalue weighted by molar-refractivity contribution is -0.0511. The molecule has 0 bridgehead atoms. The fourth-order valence-corrected chi connectivity index (χ4v) is 4.72. The lowest BCUT2D eigenvalue weighted by atomic mass is 9.88. The van der Waals surface area contributed by atoms with E-state index in [1.54, 1.807) is 26.1 Å². The van der Waals surface area contributed by atoms with Crippen LogP contribution in [0, 0.1) is 12.7 Å². The minimum absolute atomic E-state index is 0.0297. The third-order valence-corrected chi connectivity index (χ3v) is 6.64. The Kier molecular flexibility index (Phi) is 5.91. The van der Waals surface area contributed by atoms with E-state index in [2.05, 4.69) is 9.97 Å². The third-order valence-electron chi connectivity index (χ3n) is 6.40. The smallest absolute Gasteiger partial charge is 0.279 e. The Bertz CT molecular complexity index is 1440. The highest BCUT2D eigenvalue weighted by molar-refractivity contribution is 6.30. The predicted octanol–water partition coefficient (Wildman–Crippen LogP) is 5.52. The van der Waals surface area contributed by atoms with Crippen molar-refractivity contribution in [3.63, 3.8) is 0 Å². The number of nitrogens with zero attached hydrogens (tertiary/aromatic N) is 4. The molecule has 0 radical (unpaired) electrons. The fourth-order valence-electron chi connectivity index (χ4n) is 4.56. The molecular formula is C26H24ClFN4O2. The second kappa shape index (κ2) is 8.89. The molecule has 4 aromatic rings. The maximum absolute atomic E-state index is 15.0. The molecule has 1 fully saturated rings. The highest BCUT2D eigenvalue weighted by atomic mass is 35.5. The monoisotopic (exact) mass is 478 g/mol. The minimum Gasteiger partial charge on any atom is -0.371 e. The quantitative estimate of drug-likeness (QED) is 0.388. The maximum Gasteiger partial charge on any atom is 0.279 e. The van der Waals surface area contributed by atoms with Crippen molar-refractivity contribution in [2.45, 2.75) is 44.8 Å². The van der Waals surface area contributed by atoms with Crippen molar-refractivity contribution < 1.29 is 9.13 Å². The third kappa shape index (κ3) is 4.10. The molecule has 3 atom stereocenters. The second-order valence-corrected chi connectivity index (χ2v) is 9.23. The Morgan fingerprint density at radius 3 is 2.56 bits per heavy atom. The first-order valence-corrected chi connectivity index (χ1v) is 11.6. The van der Waals surface area contributed by atoms with Gasteiger partial charge in [-0.15, -0.1) is 0 Å². The highest BCUT2D eigenvalue weighted by Gasteiger charge is 2.32. The summed E-state index contributed by atoms with van der Waals surface area (Å²) < 4.78 is 22.6. The maximum atomic E-state index is 15.0. The van der Waals surface area contributed by atoms with E-state index in [4.69, 9.17) is 21.3 Å². The number of hydrogen-bond donors (Lipinski definition) is 0. The Hall–Kier alpha value is -3.16. The first-order chi connectivity index (χ1) is 16.3. The fraction of sp³-hybridized carbons (Fsp3) is 0.308. The van der Waals surface area contributed by atoms with Crippen molar-refractivity contribution in [3.05, 3.63) is 86.9 Å². The molecule has 0 saturated carbocycles. The normalized spacial score (nSPS) is 20.6. The lowest BCUT2D eigenvalue weighted by Gasteiger charge is -2.33. The van der Waals surface area contributed by atoms with E-state index in [0.717, 1.165) is 5.56 Å². The summed E-state index contributed by atoms with van der Waals surface area (Å²) in [6, 6.07) is 14.4. The molecule has 1 aliphatic heterocycles. The van der Waals surface area contributed by atoms with Gasteiger partial charge in [0.05, 0.1) is 12.2 Å². The Balaban J connectivity index is 1.69. The first-order valence-electron chi connectivity index (χ1n) is 11.2. The van der Waals surface area contributed by atoms with Gasteiger partial charge in [-0.2, -0.15) is 0 Å². The molecule has 0 aliphatic carbocycles. The van der Waals surface area contributed by atoms with Crippen LogP contribution >= 0.6 is 11.6 Å². The standard InChI is InChI=1S/C26H24ClFN4O2/c1-14-11-17(12-21(34-14)16-7-5-4-6-8-16)25-30-22(19-10-9-18(27)13-20(19)28)23-24(31-25)26(33)32(3)15(2)29-23/h4-10,13-14,17,21H,11-12H2,1-3H3/t14-,17?,21?/m1/s1. The summed E-state index contributed by atoms with van der Waals surface area (Å²) in [5.74, 6) is 0.392. The second-order valence-electron chi connectivity index (χ2n) is 8.79. The molecule has 2 aromatic heterocycles. The van der Waals surface area contributed by atoms with Crippen molar-refractivity contribution >= 4 is 22.6 Å². The molecule has 5 rings (SSSR count). The van der Waals surface area contributed by atoms with Gasteiger partial charge in [0, 0.05) is 23.6 Å². The summed E-state index contributed by atoms with van der Waals surface area (Å²) in [5, 5.41) is 0.281. The highest BCUT2D eigenvalue weighted by Crippen LogP contribution is 2.40. The topological polar surface area (TPSA) is 69.9 Å². The van der Waals surface area contributed by atoms with E-state index >= 15 is 0 Å². The SMILES string of the molecule is Cc1nc2c(-c3ccc(Cl)cc3F)nc(C3CC(c4ccccc4)O[C@H](C)C3)nc2c(=O)n1C. The molecule has 2 aromatic carbocycles. The molecule has 2 unspecified atom stereocenters. The Morgan fingerprint density at radius 1 is 1.06 bits per heavy atom. The van der Waals surface area contributed by atoms with Crippen LogP contribution in [0.3, 0.4) is 0 Å². The van der Waals surface area contributed by atoms with E-state index < -0.39 is 5.82 Å². The van der Waals surface area contributed by atoms with Gasteiger partial charge in [-0.1, -0.05) is 41.9 Å². The lowest BCUT2D eigenvalue weighted by Crippen LogP contribution is -2.27. The molecule has 8 heteroatoms. The number of hydrogen-bond acceptors (Lipinski definition) is 5. The van der Waals surface area contributed by atoms with Gasteiger partial charge in [-0.3, -0.25) is 9.36 Å². The van der Waals surface area contributed by atoms with Gasteiger partial charge >= 0.3 is 0 Å². The van der Waals surface area contributed by atoms with Gasteiger partial charge in [0.1, 0.15) is 28.7 Å². The van der Waals surface area contributed by atoms with Crippen LogP contribution in [0.4, 0.5) is 4.39 Å². The van der Waals surface area contributed by atoms with E-state index in [0.29, 0.717) is 30.2 Å². The summed E-state index contributed by atoms with van der Waals surface area (Å²) in [7, 11) is 1.65. The molecule has 3 heterocycles. The molecule has 6 nitrogen and oxygen atoms in total. The van der Waals surface area contributed by atoms with Gasteiger partial charge in [0.15, 0.2) is 5.52 Å². The van der Waals surface area contributed by atoms with Crippen molar-refractivity contribution in [2.24, 2.45) is 7.05 Å². The van der Waals surface area contributed by atoms with Gasteiger partial charge < -0.3 is 4.74 Å². The largest absolute Gasteiger partial charge is 0.371 e. The van der Waals surface area contributed by atoms with Crippen molar-refractivity contribution in [2.75, 3.05) is 0 Å². The molecule has 0 N–H and O–H groups in total. The van der Waals surface area contributed by atoms with Gasteiger partial charge in [-0.05, 0) is 50.5 Å². The van der Waals surface area contributed by atoms with Crippen LogP contribution in [-0.2, 0) is 11.8 Å². The van der Waals surface area contributed by atoms with Crippen LogP contribution in [0.1, 0.15) is 49.0 Å². The molecule has 0 amide bonds. The summed E-state index contributed by atoms with van der Waals surface area (Å²) in [6.45, 7) is 3.74. The van der Waals surface area contributed by atoms with Crippen molar-refractivity contribution in [1.29, 1.82) is 0 Å². The number of fused-ring (bicyclic) bond motifs is 1. The zero-order chi connectivity index (χ0) is 24.0. The van der Waals surface area contributed by atoms with Crippen LogP contribution in [0.5, 0.6) is 0 Å². The van der Waals surface area contributed by atoms with Gasteiger partial charge in [-0.25, -0.2) is 19.3 Å². The minimum atomic E-state index is -0.527. The van der Waals surface area contributed by atoms with E-state index in [9.17, 15) is 9.18 Å². The summed E-state index contributed by atoms with van der Waals surface area (Å²) in [4.78, 5) is 27.2. The molecular weight excluding hydrogens is 455 g/mol. The summed E-state index contributed by atoms with van der Waals surface area (Å²) >= 11 is 5.98. The average Bonchev–Trinajstić information content (AvgIpc) is 2.83. The number of ether oxygens (including phenoxy) is 1. The zero-order valence-electron chi connectivity index (χ0n) is 19.1. The first kappa shape index (κ1) is 22.6. The number of halogens is 2.